The second-order valence-corrected chi connectivity index (χ2v) is 6.20. The van der Waals surface area contributed by atoms with Crippen LogP contribution >= 0.6 is 0 Å². The highest BCUT2D eigenvalue weighted by molar-refractivity contribution is 6.28. The van der Waals surface area contributed by atoms with Crippen molar-refractivity contribution in [3.63, 3.8) is 0 Å². The van der Waals surface area contributed by atoms with Crippen molar-refractivity contribution in [1.29, 1.82) is 0 Å². The van der Waals surface area contributed by atoms with Gasteiger partial charge >= 0.3 is 0 Å². The summed E-state index contributed by atoms with van der Waals surface area (Å²) in [6, 6.07) is 25.3. The third kappa shape index (κ3) is 5.81. The van der Waals surface area contributed by atoms with Crippen LogP contribution in [0.5, 0.6) is 5.75 Å². The van der Waals surface area contributed by atoms with E-state index in [9.17, 15) is 9.59 Å². The van der Waals surface area contributed by atoms with Crippen molar-refractivity contribution in [2.24, 2.45) is 0 Å². The highest BCUT2D eigenvalue weighted by Crippen LogP contribution is 2.18. The summed E-state index contributed by atoms with van der Waals surface area (Å²) in [5.74, 6) is -0.314. The van der Waals surface area contributed by atoms with Crippen molar-refractivity contribution in [2.75, 3.05) is 17.2 Å². The van der Waals surface area contributed by atoms with Gasteiger partial charge in [-0.25, -0.2) is 0 Å². The minimum Gasteiger partial charge on any atom is -0.494 e. The van der Waals surface area contributed by atoms with Gasteiger partial charge in [-0.05, 0) is 55.0 Å². The van der Waals surface area contributed by atoms with Gasteiger partial charge in [0.15, 0.2) is 0 Å². The van der Waals surface area contributed by atoms with Crippen LogP contribution < -0.4 is 15.4 Å². The molecule has 146 valence electrons. The molecular weight excluding hydrogens is 364 g/mol. The monoisotopic (exact) mass is 386 g/mol. The molecule has 0 fully saturated rings. The van der Waals surface area contributed by atoms with Gasteiger partial charge in [-0.3, -0.25) is 9.59 Å². The van der Waals surface area contributed by atoms with Crippen LogP contribution in [0, 0.1) is 0 Å². The van der Waals surface area contributed by atoms with Crippen LogP contribution in [0.15, 0.2) is 90.5 Å². The Morgan fingerprint density at radius 2 is 1.34 bits per heavy atom. The highest BCUT2D eigenvalue weighted by Gasteiger charge is 2.19. The average molecular weight is 386 g/mol. The van der Waals surface area contributed by atoms with E-state index < -0.39 is 11.8 Å². The van der Waals surface area contributed by atoms with E-state index in [4.69, 9.17) is 4.74 Å². The number of benzene rings is 3. The molecule has 0 aromatic heterocycles. The molecule has 0 aliphatic carbocycles. The minimum absolute atomic E-state index is 0.00801. The number of carbonyl (C=O) groups is 2. The van der Waals surface area contributed by atoms with E-state index >= 15 is 0 Å². The Balaban J connectivity index is 1.90. The van der Waals surface area contributed by atoms with Crippen molar-refractivity contribution >= 4 is 29.3 Å². The number of para-hydroxylation sites is 2. The molecule has 2 N–H and O–H groups in total. The zero-order valence-corrected chi connectivity index (χ0v) is 16.1. The van der Waals surface area contributed by atoms with E-state index in [0.29, 0.717) is 29.3 Å². The molecule has 0 aliphatic heterocycles. The number of hydrogen-bond donors (Lipinski definition) is 2. The summed E-state index contributed by atoms with van der Waals surface area (Å²) < 4.78 is 5.51. The summed E-state index contributed by atoms with van der Waals surface area (Å²) >= 11 is 0. The Labute approximate surface area is 170 Å². The predicted octanol–water partition coefficient (Wildman–Crippen LogP) is 4.75. The van der Waals surface area contributed by atoms with E-state index in [1.54, 1.807) is 36.4 Å². The van der Waals surface area contributed by atoms with Gasteiger partial charge in [-0.15, -0.1) is 0 Å². The molecular formula is C24H22N2O3. The standard InChI is InChI=1S/C24H22N2O3/c1-2-29-21-15-9-10-18(16-21)17-22(23(27)25-19-11-5-3-6-12-19)24(28)26-20-13-7-4-8-14-20/h3-17H,2H2,1H3,(H,25,27)(H,26,28). The second kappa shape index (κ2) is 9.90. The first kappa shape index (κ1) is 19.9. The molecule has 0 aliphatic rings. The van der Waals surface area contributed by atoms with E-state index in [0.717, 1.165) is 0 Å². The number of hydrogen-bond acceptors (Lipinski definition) is 3. The van der Waals surface area contributed by atoms with Gasteiger partial charge in [0.2, 0.25) is 0 Å². The minimum atomic E-state index is -0.494. The summed E-state index contributed by atoms with van der Waals surface area (Å²) in [6.45, 7) is 2.43. The lowest BCUT2D eigenvalue weighted by Gasteiger charge is -2.11. The maximum atomic E-state index is 12.9. The van der Waals surface area contributed by atoms with Gasteiger partial charge in [0, 0.05) is 11.4 Å². The van der Waals surface area contributed by atoms with Crippen LogP contribution in [0.2, 0.25) is 0 Å². The number of anilines is 2. The summed E-state index contributed by atoms with van der Waals surface area (Å²) in [7, 11) is 0. The van der Waals surface area contributed by atoms with Crippen LogP contribution in [0.3, 0.4) is 0 Å². The van der Waals surface area contributed by atoms with Crippen molar-refractivity contribution in [1.82, 2.24) is 0 Å². The first-order valence-electron chi connectivity index (χ1n) is 9.33. The fraction of sp³-hybridized carbons (Fsp3) is 0.0833. The Hall–Kier alpha value is -3.86. The number of amides is 2. The van der Waals surface area contributed by atoms with Crippen molar-refractivity contribution in [2.45, 2.75) is 6.92 Å². The molecule has 5 nitrogen and oxygen atoms in total. The largest absolute Gasteiger partial charge is 0.494 e. The van der Waals surface area contributed by atoms with E-state index in [1.165, 1.54) is 0 Å². The summed E-state index contributed by atoms with van der Waals surface area (Å²) in [4.78, 5) is 25.8. The Kier molecular flexibility index (Phi) is 6.79. The molecule has 0 bridgehead atoms. The van der Waals surface area contributed by atoms with Gasteiger partial charge in [-0.2, -0.15) is 0 Å². The zero-order chi connectivity index (χ0) is 20.5. The fourth-order valence-electron chi connectivity index (χ4n) is 2.70. The van der Waals surface area contributed by atoms with Crippen LogP contribution in [0.1, 0.15) is 12.5 Å². The number of carbonyl (C=O) groups excluding carboxylic acids is 2. The highest BCUT2D eigenvalue weighted by atomic mass is 16.5. The van der Waals surface area contributed by atoms with E-state index in [-0.39, 0.29) is 5.57 Å². The lowest BCUT2D eigenvalue weighted by atomic mass is 10.1. The zero-order valence-electron chi connectivity index (χ0n) is 16.1. The van der Waals surface area contributed by atoms with Crippen LogP contribution in [0.25, 0.3) is 6.08 Å². The van der Waals surface area contributed by atoms with Crippen LogP contribution in [-0.2, 0) is 9.59 Å². The lowest BCUT2D eigenvalue weighted by Crippen LogP contribution is -2.25. The summed E-state index contributed by atoms with van der Waals surface area (Å²) in [5.41, 5.74) is 1.90. The van der Waals surface area contributed by atoms with E-state index in [1.807, 2.05) is 61.5 Å². The number of ether oxygens (including phenoxy) is 1. The molecule has 3 aromatic rings. The molecule has 3 rings (SSSR count). The first-order valence-corrected chi connectivity index (χ1v) is 9.33. The number of rotatable bonds is 7. The topological polar surface area (TPSA) is 67.4 Å². The maximum absolute atomic E-state index is 12.9. The van der Waals surface area contributed by atoms with Gasteiger partial charge in [0.1, 0.15) is 11.3 Å². The normalized spacial score (nSPS) is 9.97. The molecule has 5 heteroatoms. The quantitative estimate of drug-likeness (QED) is 0.350. The van der Waals surface area contributed by atoms with Crippen LogP contribution in [-0.4, -0.2) is 18.4 Å². The molecule has 0 radical (unpaired) electrons. The van der Waals surface area contributed by atoms with Crippen molar-refractivity contribution in [3.8, 4) is 5.75 Å². The molecule has 3 aromatic carbocycles. The van der Waals surface area contributed by atoms with Crippen molar-refractivity contribution in [3.05, 3.63) is 96.1 Å². The molecule has 0 heterocycles. The average Bonchev–Trinajstić information content (AvgIpc) is 2.74. The molecule has 0 unspecified atom stereocenters. The van der Waals surface area contributed by atoms with E-state index in [2.05, 4.69) is 10.6 Å². The third-order valence-corrected chi connectivity index (χ3v) is 4.03. The van der Waals surface area contributed by atoms with Crippen LogP contribution in [0.4, 0.5) is 11.4 Å². The third-order valence-electron chi connectivity index (χ3n) is 4.03. The second-order valence-electron chi connectivity index (χ2n) is 6.20. The SMILES string of the molecule is CCOc1cccc(C=C(C(=O)Nc2ccccc2)C(=O)Nc2ccccc2)c1. The van der Waals surface area contributed by atoms with Gasteiger partial charge in [-0.1, -0.05) is 48.5 Å². The molecule has 0 saturated heterocycles. The fourth-order valence-corrected chi connectivity index (χ4v) is 2.70. The predicted molar refractivity (Wildman–Crippen MR) is 116 cm³/mol. The molecule has 0 spiro atoms. The maximum Gasteiger partial charge on any atom is 0.261 e. The van der Waals surface area contributed by atoms with Gasteiger partial charge in [0.05, 0.1) is 6.61 Å². The smallest absolute Gasteiger partial charge is 0.261 e. The summed E-state index contributed by atoms with van der Waals surface area (Å²) in [6.07, 6.45) is 1.55. The molecule has 0 atom stereocenters. The lowest BCUT2D eigenvalue weighted by molar-refractivity contribution is -0.118. The Morgan fingerprint density at radius 1 is 0.793 bits per heavy atom. The van der Waals surface area contributed by atoms with Crippen molar-refractivity contribution < 1.29 is 14.3 Å². The Bertz CT molecular complexity index is 943. The number of nitrogens with one attached hydrogen (secondary N) is 2. The molecule has 0 saturated carbocycles. The molecule has 29 heavy (non-hydrogen) atoms. The first-order chi connectivity index (χ1) is 14.2. The van der Waals surface area contributed by atoms with Gasteiger partial charge in [0.25, 0.3) is 11.8 Å². The van der Waals surface area contributed by atoms with Gasteiger partial charge < -0.3 is 15.4 Å². The summed E-state index contributed by atoms with van der Waals surface area (Å²) in [5, 5.41) is 5.54. The Morgan fingerprint density at radius 3 is 1.86 bits per heavy atom. The molecule has 2 amide bonds.